The van der Waals surface area contributed by atoms with Crippen molar-refractivity contribution >= 4 is 17.6 Å². The first-order valence-electron chi connectivity index (χ1n) is 6.60. The van der Waals surface area contributed by atoms with E-state index >= 15 is 0 Å². The zero-order chi connectivity index (χ0) is 16.2. The molecule has 6 heteroatoms. The van der Waals surface area contributed by atoms with Gasteiger partial charge in [-0.1, -0.05) is 24.3 Å². The molecule has 2 rings (SSSR count). The van der Waals surface area contributed by atoms with Crippen LogP contribution >= 0.6 is 0 Å². The summed E-state index contributed by atoms with van der Waals surface area (Å²) in [5.74, 6) is 0. The number of anilines is 2. The summed E-state index contributed by atoms with van der Waals surface area (Å²) in [5.41, 5.74) is 3.46. The summed E-state index contributed by atoms with van der Waals surface area (Å²) < 4.78 is 38.5. The van der Waals surface area contributed by atoms with E-state index in [2.05, 4.69) is 10.5 Å². The van der Waals surface area contributed by atoms with Crippen molar-refractivity contribution in [2.45, 2.75) is 6.18 Å². The first-order chi connectivity index (χ1) is 10.4. The summed E-state index contributed by atoms with van der Waals surface area (Å²) >= 11 is 0. The molecule has 2 aromatic rings. The fourth-order valence-corrected chi connectivity index (χ4v) is 1.86. The van der Waals surface area contributed by atoms with E-state index in [1.165, 1.54) is 24.4 Å². The Morgan fingerprint density at radius 2 is 1.64 bits per heavy atom. The Labute approximate surface area is 127 Å². The van der Waals surface area contributed by atoms with E-state index in [1.54, 1.807) is 0 Å². The van der Waals surface area contributed by atoms with Gasteiger partial charge in [-0.3, -0.25) is 5.43 Å². The van der Waals surface area contributed by atoms with Crippen LogP contribution in [-0.4, -0.2) is 20.3 Å². The van der Waals surface area contributed by atoms with Crippen LogP contribution in [0.4, 0.5) is 24.5 Å². The van der Waals surface area contributed by atoms with Gasteiger partial charge in [-0.05, 0) is 29.8 Å². The first kappa shape index (κ1) is 15.9. The molecule has 1 N–H and O–H groups in total. The molecular weight excluding hydrogens is 291 g/mol. The summed E-state index contributed by atoms with van der Waals surface area (Å²) in [7, 11) is 3.86. The first-order valence-corrected chi connectivity index (χ1v) is 6.60. The number of benzene rings is 2. The van der Waals surface area contributed by atoms with Crippen LogP contribution in [0.15, 0.2) is 53.6 Å². The van der Waals surface area contributed by atoms with Gasteiger partial charge in [0, 0.05) is 19.8 Å². The molecular formula is C16H16F3N3. The molecule has 0 amide bonds. The van der Waals surface area contributed by atoms with E-state index in [1.807, 2.05) is 43.3 Å². The Balaban J connectivity index is 2.10. The van der Waals surface area contributed by atoms with E-state index in [4.69, 9.17) is 0 Å². The van der Waals surface area contributed by atoms with Crippen LogP contribution in [0.3, 0.4) is 0 Å². The van der Waals surface area contributed by atoms with Gasteiger partial charge < -0.3 is 4.90 Å². The highest BCUT2D eigenvalue weighted by Gasteiger charge is 2.33. The number of rotatable bonds is 4. The fourth-order valence-electron chi connectivity index (χ4n) is 1.86. The quantitative estimate of drug-likeness (QED) is 0.676. The molecule has 0 spiro atoms. The number of halogens is 3. The van der Waals surface area contributed by atoms with Gasteiger partial charge in [0.2, 0.25) is 0 Å². The minimum absolute atomic E-state index is 0.0730. The van der Waals surface area contributed by atoms with Crippen LogP contribution in [0, 0.1) is 0 Å². The number of hydrogen-bond acceptors (Lipinski definition) is 3. The molecule has 0 aromatic heterocycles. The molecule has 0 radical (unpaired) electrons. The number of hydrogen-bond donors (Lipinski definition) is 1. The predicted octanol–water partition coefficient (Wildman–Crippen LogP) is 4.22. The molecule has 0 aliphatic rings. The highest BCUT2D eigenvalue weighted by atomic mass is 19.4. The maximum Gasteiger partial charge on any atom is 0.418 e. The third kappa shape index (κ3) is 4.00. The molecule has 0 bridgehead atoms. The normalized spacial score (nSPS) is 11.7. The lowest BCUT2D eigenvalue weighted by Gasteiger charge is -2.12. The molecule has 0 unspecified atom stereocenters. The zero-order valence-electron chi connectivity index (χ0n) is 12.2. The van der Waals surface area contributed by atoms with Crippen LogP contribution in [-0.2, 0) is 6.18 Å². The van der Waals surface area contributed by atoms with Crippen LogP contribution in [0.25, 0.3) is 0 Å². The highest BCUT2D eigenvalue weighted by molar-refractivity contribution is 5.81. The Hall–Kier alpha value is -2.50. The van der Waals surface area contributed by atoms with Gasteiger partial charge in [-0.2, -0.15) is 18.3 Å². The van der Waals surface area contributed by atoms with E-state index in [9.17, 15) is 13.2 Å². The molecule has 0 heterocycles. The van der Waals surface area contributed by atoms with E-state index < -0.39 is 11.7 Å². The van der Waals surface area contributed by atoms with E-state index in [0.29, 0.717) is 0 Å². The smallest absolute Gasteiger partial charge is 0.378 e. The highest BCUT2D eigenvalue weighted by Crippen LogP contribution is 2.34. The minimum Gasteiger partial charge on any atom is -0.378 e. The van der Waals surface area contributed by atoms with Gasteiger partial charge in [-0.25, -0.2) is 0 Å². The third-order valence-corrected chi connectivity index (χ3v) is 3.04. The summed E-state index contributed by atoms with van der Waals surface area (Å²) in [5, 5.41) is 3.87. The third-order valence-electron chi connectivity index (χ3n) is 3.04. The molecule has 22 heavy (non-hydrogen) atoms. The number of para-hydroxylation sites is 1. The van der Waals surface area contributed by atoms with Crippen molar-refractivity contribution in [2.75, 3.05) is 24.4 Å². The van der Waals surface area contributed by atoms with Crippen molar-refractivity contribution < 1.29 is 13.2 Å². The van der Waals surface area contributed by atoms with Crippen molar-refractivity contribution in [1.82, 2.24) is 0 Å². The van der Waals surface area contributed by atoms with Crippen molar-refractivity contribution in [3.05, 3.63) is 59.7 Å². The fraction of sp³-hybridized carbons (Fsp3) is 0.188. The monoisotopic (exact) mass is 307 g/mol. The summed E-state index contributed by atoms with van der Waals surface area (Å²) in [6, 6.07) is 12.7. The standard InChI is InChI=1S/C16H16F3N3/c1-22(2)13-9-7-12(8-10-13)11-20-21-15-6-4-3-5-14(15)16(17,18)19/h3-11,21H,1-2H3/b20-11+. The molecule has 0 saturated carbocycles. The van der Waals surface area contributed by atoms with Gasteiger partial charge in [0.15, 0.2) is 0 Å². The predicted molar refractivity (Wildman–Crippen MR) is 83.4 cm³/mol. The number of nitrogens with one attached hydrogen (secondary N) is 1. The van der Waals surface area contributed by atoms with Crippen LogP contribution < -0.4 is 10.3 Å². The lowest BCUT2D eigenvalue weighted by molar-refractivity contribution is -0.136. The molecule has 0 aliphatic heterocycles. The van der Waals surface area contributed by atoms with Crippen LogP contribution in [0.1, 0.15) is 11.1 Å². The molecule has 3 nitrogen and oxygen atoms in total. The zero-order valence-corrected chi connectivity index (χ0v) is 12.2. The topological polar surface area (TPSA) is 27.6 Å². The maximum atomic E-state index is 12.8. The number of hydrazone groups is 1. The van der Waals surface area contributed by atoms with Crippen molar-refractivity contribution in [1.29, 1.82) is 0 Å². The Kier molecular flexibility index (Phi) is 4.70. The van der Waals surface area contributed by atoms with Gasteiger partial charge in [0.1, 0.15) is 0 Å². The molecule has 116 valence electrons. The SMILES string of the molecule is CN(C)c1ccc(/C=N/Nc2ccccc2C(F)(F)F)cc1. The second-order valence-corrected chi connectivity index (χ2v) is 4.90. The molecule has 0 atom stereocenters. The average molecular weight is 307 g/mol. The Bertz CT molecular complexity index is 646. The lowest BCUT2D eigenvalue weighted by atomic mass is 10.2. The summed E-state index contributed by atoms with van der Waals surface area (Å²) in [4.78, 5) is 1.96. The number of alkyl halides is 3. The largest absolute Gasteiger partial charge is 0.418 e. The summed E-state index contributed by atoms with van der Waals surface area (Å²) in [6.45, 7) is 0. The molecule has 0 aliphatic carbocycles. The van der Waals surface area contributed by atoms with Gasteiger partial charge >= 0.3 is 6.18 Å². The maximum absolute atomic E-state index is 12.8. The van der Waals surface area contributed by atoms with Crippen molar-refractivity contribution in [3.63, 3.8) is 0 Å². The molecule has 2 aromatic carbocycles. The minimum atomic E-state index is -4.41. The second-order valence-electron chi connectivity index (χ2n) is 4.90. The molecule has 0 saturated heterocycles. The number of nitrogens with zero attached hydrogens (tertiary/aromatic N) is 2. The van der Waals surface area contributed by atoms with E-state index in [-0.39, 0.29) is 5.69 Å². The second kappa shape index (κ2) is 6.51. The lowest BCUT2D eigenvalue weighted by Crippen LogP contribution is -2.08. The van der Waals surface area contributed by atoms with Crippen LogP contribution in [0.2, 0.25) is 0 Å². The molecule has 0 fully saturated rings. The van der Waals surface area contributed by atoms with Crippen molar-refractivity contribution in [2.24, 2.45) is 5.10 Å². The van der Waals surface area contributed by atoms with Crippen molar-refractivity contribution in [3.8, 4) is 0 Å². The van der Waals surface area contributed by atoms with Crippen LogP contribution in [0.5, 0.6) is 0 Å². The van der Waals surface area contributed by atoms with Gasteiger partial charge in [0.25, 0.3) is 0 Å². The van der Waals surface area contributed by atoms with Gasteiger partial charge in [-0.15, -0.1) is 0 Å². The Morgan fingerprint density at radius 3 is 2.23 bits per heavy atom. The van der Waals surface area contributed by atoms with Gasteiger partial charge in [0.05, 0.1) is 17.5 Å². The van der Waals surface area contributed by atoms with E-state index in [0.717, 1.165) is 17.3 Å². The average Bonchev–Trinajstić information content (AvgIpc) is 2.47. The summed E-state index contributed by atoms with van der Waals surface area (Å²) in [6.07, 6.45) is -2.93. The Morgan fingerprint density at radius 1 is 1.00 bits per heavy atom.